The molecule has 23 heavy (non-hydrogen) atoms. The second-order valence-electron chi connectivity index (χ2n) is 4.54. The van der Waals surface area contributed by atoms with Crippen molar-refractivity contribution in [2.24, 2.45) is 0 Å². The van der Waals surface area contributed by atoms with Crippen LogP contribution in [0.15, 0.2) is 36.4 Å². The number of nitrogens with zero attached hydrogens (tertiary/aromatic N) is 2. The zero-order valence-electron chi connectivity index (χ0n) is 10.9. The van der Waals surface area contributed by atoms with Crippen molar-refractivity contribution in [3.8, 4) is 20.9 Å². The summed E-state index contributed by atoms with van der Waals surface area (Å²) in [6.07, 6.45) is 0. The number of halogens is 4. The zero-order valence-corrected chi connectivity index (χ0v) is 15.7. The fraction of sp³-hybridized carbons (Fsp3) is 0. The quantitative estimate of drug-likeness (QED) is 0.331. The molecule has 3 aromatic heterocycles. The van der Waals surface area contributed by atoms with E-state index in [0.29, 0.717) is 9.75 Å². The number of fused-ring (bicyclic) bond motifs is 1. The molecule has 0 aliphatic heterocycles. The van der Waals surface area contributed by atoms with Crippen LogP contribution in [0.5, 0.6) is 0 Å². The number of thiophene rings is 2. The van der Waals surface area contributed by atoms with Gasteiger partial charge in [0, 0.05) is 15.0 Å². The Morgan fingerprint density at radius 1 is 0.870 bits per heavy atom. The zero-order chi connectivity index (χ0) is 16.1. The molecule has 0 bridgehead atoms. The molecule has 0 radical (unpaired) electrons. The molecular weight excluding hydrogens is 474 g/mol. The molecule has 3 nitrogen and oxygen atoms in total. The van der Waals surface area contributed by atoms with Crippen LogP contribution in [0.25, 0.3) is 32.0 Å². The Morgan fingerprint density at radius 2 is 1.43 bits per heavy atom. The van der Waals surface area contributed by atoms with Crippen LogP contribution in [-0.4, -0.2) is 10.4 Å². The normalized spacial score (nSPS) is 11.5. The first-order valence-corrected chi connectivity index (χ1v) is 9.42. The monoisotopic (exact) mass is 476 g/mol. The van der Waals surface area contributed by atoms with Gasteiger partial charge in [0.2, 0.25) is 0 Å². The van der Waals surface area contributed by atoms with E-state index in [2.05, 4.69) is 42.2 Å². The number of hydrogen-bond donors (Lipinski definition) is 0. The third-order valence-corrected chi connectivity index (χ3v) is 6.51. The lowest BCUT2D eigenvalue weighted by molar-refractivity contribution is 0.423. The summed E-state index contributed by atoms with van der Waals surface area (Å²) in [5.41, 5.74) is 0.446. The van der Waals surface area contributed by atoms with Crippen molar-refractivity contribution < 1.29 is 13.3 Å². The van der Waals surface area contributed by atoms with Crippen LogP contribution in [0.3, 0.4) is 0 Å². The van der Waals surface area contributed by atoms with E-state index in [1.165, 1.54) is 22.7 Å². The molecule has 0 N–H and O–H groups in total. The summed E-state index contributed by atoms with van der Waals surface area (Å²) in [6, 6.07) is 6.91. The van der Waals surface area contributed by atoms with E-state index in [9.17, 15) is 8.78 Å². The van der Waals surface area contributed by atoms with Crippen molar-refractivity contribution in [2.45, 2.75) is 0 Å². The van der Waals surface area contributed by atoms with Gasteiger partial charge in [-0.2, -0.15) is 0 Å². The van der Waals surface area contributed by atoms with Crippen LogP contribution in [0.1, 0.15) is 0 Å². The maximum absolute atomic E-state index is 14.8. The minimum absolute atomic E-state index is 0.0394. The minimum atomic E-state index is -0.968. The van der Waals surface area contributed by atoms with E-state index in [1.54, 1.807) is 24.3 Å². The Morgan fingerprint density at radius 3 is 2.00 bits per heavy atom. The first-order valence-electron chi connectivity index (χ1n) is 6.20. The maximum atomic E-state index is 14.8. The average Bonchev–Trinajstić information content (AvgIpc) is 3.23. The van der Waals surface area contributed by atoms with Gasteiger partial charge in [-0.1, -0.05) is 0 Å². The third kappa shape index (κ3) is 2.46. The van der Waals surface area contributed by atoms with Crippen LogP contribution >= 0.6 is 54.5 Å². The fourth-order valence-corrected chi connectivity index (χ4v) is 5.13. The van der Waals surface area contributed by atoms with E-state index in [0.717, 1.165) is 7.57 Å². The lowest BCUT2D eigenvalue weighted by atomic mass is 10.0. The number of hydrogen-bond acceptors (Lipinski definition) is 5. The highest BCUT2D eigenvalue weighted by Crippen LogP contribution is 2.44. The maximum Gasteiger partial charge on any atom is 0.199 e. The standard InChI is InChI=1S/C14H4Br2F2N2OS2/c15-7-3-1-5(22-7)9-11(17)12(18)10(6-2-4-8(16)23-6)14-13(9)19-20-21-14/h1-4H. The molecule has 0 aliphatic carbocycles. The van der Waals surface area contributed by atoms with Crippen LogP contribution in [0.4, 0.5) is 8.78 Å². The Labute approximate surface area is 153 Å². The largest absolute Gasteiger partial charge is 0.336 e. The SMILES string of the molecule is Fc1c(F)c(-c2ccc(Br)s2)c2onnc2c1-c1ccc(Br)s1. The highest BCUT2D eigenvalue weighted by Gasteiger charge is 2.27. The van der Waals surface area contributed by atoms with Gasteiger partial charge in [-0.15, -0.1) is 27.8 Å². The second kappa shape index (κ2) is 5.73. The van der Waals surface area contributed by atoms with Gasteiger partial charge in [-0.05, 0) is 56.1 Å². The highest BCUT2D eigenvalue weighted by atomic mass is 79.9. The number of rotatable bonds is 2. The molecule has 9 heteroatoms. The van der Waals surface area contributed by atoms with Gasteiger partial charge >= 0.3 is 0 Å². The molecule has 0 saturated heterocycles. The van der Waals surface area contributed by atoms with Crippen molar-refractivity contribution in [1.29, 1.82) is 0 Å². The molecule has 3 heterocycles. The molecule has 0 saturated carbocycles. The van der Waals surface area contributed by atoms with Crippen molar-refractivity contribution in [1.82, 2.24) is 10.4 Å². The third-order valence-electron chi connectivity index (χ3n) is 3.22. The Balaban J connectivity index is 2.09. The van der Waals surface area contributed by atoms with E-state index in [-0.39, 0.29) is 22.2 Å². The van der Waals surface area contributed by atoms with Gasteiger partial charge < -0.3 is 4.52 Å². The van der Waals surface area contributed by atoms with Crippen LogP contribution in [-0.2, 0) is 0 Å². The lowest BCUT2D eigenvalue weighted by Crippen LogP contribution is -1.94. The molecule has 0 unspecified atom stereocenters. The smallest absolute Gasteiger partial charge is 0.199 e. The Hall–Kier alpha value is -1.16. The molecule has 0 atom stereocenters. The van der Waals surface area contributed by atoms with Crippen LogP contribution in [0.2, 0.25) is 0 Å². The Bertz CT molecular complexity index is 961. The summed E-state index contributed by atoms with van der Waals surface area (Å²) in [6.45, 7) is 0. The van der Waals surface area contributed by atoms with E-state index >= 15 is 0 Å². The van der Waals surface area contributed by atoms with Gasteiger partial charge in [0.1, 0.15) is 5.52 Å². The summed E-state index contributed by atoms with van der Waals surface area (Å²) in [4.78, 5) is 1.09. The van der Waals surface area contributed by atoms with Crippen LogP contribution in [0, 0.1) is 11.6 Å². The molecule has 116 valence electrons. The van der Waals surface area contributed by atoms with Gasteiger partial charge in [-0.25, -0.2) is 8.78 Å². The fourth-order valence-electron chi connectivity index (χ4n) is 2.28. The first-order chi connectivity index (χ1) is 11.1. The van der Waals surface area contributed by atoms with E-state index in [1.807, 2.05) is 0 Å². The molecule has 4 aromatic rings. The predicted molar refractivity (Wildman–Crippen MR) is 93.7 cm³/mol. The Kier molecular flexibility index (Phi) is 3.83. The predicted octanol–water partition coefficient (Wildman–Crippen LogP) is 6.48. The van der Waals surface area contributed by atoms with Crippen molar-refractivity contribution in [3.05, 3.63) is 43.5 Å². The molecule has 0 fully saturated rings. The molecular formula is C14H4Br2F2N2OS2. The molecule has 4 rings (SSSR count). The van der Waals surface area contributed by atoms with Crippen molar-refractivity contribution >= 4 is 65.6 Å². The highest BCUT2D eigenvalue weighted by molar-refractivity contribution is 9.11. The summed E-state index contributed by atoms with van der Waals surface area (Å²) >= 11 is 9.20. The van der Waals surface area contributed by atoms with Gasteiger partial charge in [0.05, 0.1) is 18.7 Å². The number of benzene rings is 1. The molecule has 0 aliphatic rings. The lowest BCUT2D eigenvalue weighted by Gasteiger charge is -2.06. The summed E-state index contributed by atoms with van der Waals surface area (Å²) in [5, 5.41) is 7.36. The summed E-state index contributed by atoms with van der Waals surface area (Å²) in [5.74, 6) is -1.92. The van der Waals surface area contributed by atoms with Crippen molar-refractivity contribution in [2.75, 3.05) is 0 Å². The first kappa shape index (κ1) is 15.4. The minimum Gasteiger partial charge on any atom is -0.336 e. The number of aromatic nitrogens is 2. The van der Waals surface area contributed by atoms with Gasteiger partial charge in [-0.3, -0.25) is 0 Å². The van der Waals surface area contributed by atoms with Gasteiger partial charge in [0.15, 0.2) is 17.2 Å². The molecule has 1 aromatic carbocycles. The molecule has 0 amide bonds. The topological polar surface area (TPSA) is 38.9 Å². The summed E-state index contributed by atoms with van der Waals surface area (Å²) < 4.78 is 36.3. The van der Waals surface area contributed by atoms with Crippen LogP contribution < -0.4 is 0 Å². The van der Waals surface area contributed by atoms with Gasteiger partial charge in [0.25, 0.3) is 0 Å². The summed E-state index contributed by atoms with van der Waals surface area (Å²) in [7, 11) is 0. The van der Waals surface area contributed by atoms with E-state index in [4.69, 9.17) is 4.52 Å². The second-order valence-corrected chi connectivity index (χ2v) is 9.46. The molecule has 0 spiro atoms. The van der Waals surface area contributed by atoms with Crippen molar-refractivity contribution in [3.63, 3.8) is 0 Å². The van der Waals surface area contributed by atoms with E-state index < -0.39 is 11.6 Å². The average molecular weight is 478 g/mol.